The topological polar surface area (TPSA) is 116 Å². The minimum atomic E-state index is -4.61. The van der Waals surface area contributed by atoms with Crippen LogP contribution in [0, 0.1) is 11.3 Å². The molecule has 0 amide bonds. The number of hydrogen-bond donors (Lipinski definition) is 2. The Kier molecular flexibility index (Phi) is 8.68. The number of ether oxygens (including phenoxy) is 1. The third-order valence-corrected chi connectivity index (χ3v) is 7.36. The van der Waals surface area contributed by atoms with Crippen molar-refractivity contribution in [3.63, 3.8) is 0 Å². The van der Waals surface area contributed by atoms with Crippen LogP contribution >= 0.6 is 0 Å². The first-order valence-electron chi connectivity index (χ1n) is 13.2. The first-order valence-corrected chi connectivity index (χ1v) is 13.2. The molecule has 1 aliphatic heterocycles. The standard InChI is InChI=1S/C29H31F3N6O3/c1-5-21(6-2)34-13-12-19-14-18(16-33)10-11-23(19)25-24(26(39)41-4)17(3)37(27-35-36-28(40)38(25)27)22-9-7-8-20(15-22)29(30,31)32/h7-11,14-15,21,25,34H,5-6,12-13H2,1-4H3,(H,36,40). The summed E-state index contributed by atoms with van der Waals surface area (Å²) in [5.41, 5.74) is 0.518. The van der Waals surface area contributed by atoms with Crippen molar-refractivity contribution in [3.8, 4) is 6.07 Å². The Hall–Kier alpha value is -4.37. The maximum Gasteiger partial charge on any atom is 0.416 e. The van der Waals surface area contributed by atoms with E-state index in [9.17, 15) is 28.0 Å². The molecule has 0 aliphatic carbocycles. The average Bonchev–Trinajstić information content (AvgIpc) is 3.34. The molecule has 4 rings (SSSR count). The monoisotopic (exact) mass is 568 g/mol. The summed E-state index contributed by atoms with van der Waals surface area (Å²) in [5.74, 6) is -0.747. The van der Waals surface area contributed by atoms with Crippen molar-refractivity contribution < 1.29 is 22.7 Å². The van der Waals surface area contributed by atoms with Crippen molar-refractivity contribution in [3.05, 3.63) is 86.5 Å². The van der Waals surface area contributed by atoms with Crippen LogP contribution < -0.4 is 15.9 Å². The predicted octanol–water partition coefficient (Wildman–Crippen LogP) is 4.97. The van der Waals surface area contributed by atoms with Gasteiger partial charge in [0.25, 0.3) is 0 Å². The Balaban J connectivity index is 1.92. The molecule has 1 aromatic heterocycles. The lowest BCUT2D eigenvalue weighted by atomic mass is 9.89. The van der Waals surface area contributed by atoms with Crippen LogP contribution in [0.25, 0.3) is 0 Å². The number of carbonyl (C=O) groups excluding carboxylic acids is 1. The van der Waals surface area contributed by atoms with E-state index >= 15 is 0 Å². The van der Waals surface area contributed by atoms with E-state index in [1.54, 1.807) is 25.1 Å². The number of anilines is 2. The van der Waals surface area contributed by atoms with E-state index in [1.165, 1.54) is 28.7 Å². The molecule has 0 spiro atoms. The second-order valence-electron chi connectivity index (χ2n) is 9.72. The highest BCUT2D eigenvalue weighted by Crippen LogP contribution is 2.43. The van der Waals surface area contributed by atoms with Gasteiger partial charge in [-0.05, 0) is 74.2 Å². The largest absolute Gasteiger partial charge is 0.466 e. The van der Waals surface area contributed by atoms with Gasteiger partial charge in [0.1, 0.15) is 6.04 Å². The molecule has 1 unspecified atom stereocenters. The molecule has 216 valence electrons. The van der Waals surface area contributed by atoms with Gasteiger partial charge in [-0.2, -0.15) is 18.4 Å². The molecule has 2 heterocycles. The van der Waals surface area contributed by atoms with Gasteiger partial charge >= 0.3 is 17.8 Å². The zero-order valence-electron chi connectivity index (χ0n) is 23.2. The summed E-state index contributed by atoms with van der Waals surface area (Å²) in [6, 6.07) is 11.0. The second-order valence-corrected chi connectivity index (χ2v) is 9.72. The highest BCUT2D eigenvalue weighted by atomic mass is 19.4. The molecule has 9 nitrogen and oxygen atoms in total. The van der Waals surface area contributed by atoms with E-state index in [4.69, 9.17) is 4.74 Å². The number of halogens is 3. The molecule has 2 aromatic carbocycles. The van der Waals surface area contributed by atoms with Gasteiger partial charge in [-0.1, -0.05) is 26.0 Å². The quantitative estimate of drug-likeness (QED) is 0.350. The number of hydrogen-bond acceptors (Lipinski definition) is 7. The van der Waals surface area contributed by atoms with Crippen molar-refractivity contribution in [2.75, 3.05) is 18.6 Å². The summed E-state index contributed by atoms with van der Waals surface area (Å²) < 4.78 is 47.1. The number of nitrogens with zero attached hydrogens (tertiary/aromatic N) is 4. The maximum absolute atomic E-state index is 13.6. The van der Waals surface area contributed by atoms with Crippen molar-refractivity contribution in [1.82, 2.24) is 20.1 Å². The number of nitrogens with one attached hydrogen (secondary N) is 2. The normalized spacial score (nSPS) is 15.2. The summed E-state index contributed by atoms with van der Waals surface area (Å²) in [6.45, 7) is 6.33. The van der Waals surface area contributed by atoms with E-state index in [-0.39, 0.29) is 22.9 Å². The number of benzene rings is 2. The molecule has 0 saturated heterocycles. The number of alkyl halides is 3. The van der Waals surface area contributed by atoms with Crippen molar-refractivity contribution >= 4 is 17.6 Å². The highest BCUT2D eigenvalue weighted by Gasteiger charge is 2.41. The number of methoxy groups -OCH3 is 1. The van der Waals surface area contributed by atoms with Crippen LogP contribution in [0.15, 0.2) is 58.5 Å². The minimum absolute atomic E-state index is 0.00921. The van der Waals surface area contributed by atoms with E-state index in [2.05, 4.69) is 35.4 Å². The van der Waals surface area contributed by atoms with Crippen molar-refractivity contribution in [1.29, 1.82) is 5.26 Å². The lowest BCUT2D eigenvalue weighted by Crippen LogP contribution is -2.38. The Bertz CT molecular complexity index is 1560. The van der Waals surface area contributed by atoms with Crippen LogP contribution in [0.1, 0.15) is 61.9 Å². The molecule has 1 atom stereocenters. The first-order chi connectivity index (χ1) is 19.5. The van der Waals surface area contributed by atoms with Crippen LogP contribution in [-0.2, 0) is 22.1 Å². The number of carbonyl (C=O) groups is 1. The zero-order chi connectivity index (χ0) is 29.9. The number of aromatic nitrogens is 3. The number of fused-ring (bicyclic) bond motifs is 1. The maximum atomic E-state index is 13.6. The molecule has 12 heteroatoms. The number of rotatable bonds is 9. The summed E-state index contributed by atoms with van der Waals surface area (Å²) in [5, 5.41) is 19.6. The molecular formula is C29H31F3N6O3. The van der Waals surface area contributed by atoms with E-state index in [0.29, 0.717) is 30.1 Å². The summed E-state index contributed by atoms with van der Waals surface area (Å²) in [7, 11) is 1.20. The van der Waals surface area contributed by atoms with Crippen LogP contribution in [0.3, 0.4) is 0 Å². The molecule has 3 aromatic rings. The first kappa shape index (κ1) is 29.6. The predicted molar refractivity (Wildman–Crippen MR) is 147 cm³/mol. The molecule has 2 N–H and O–H groups in total. The third kappa shape index (κ3) is 5.76. The molecular weight excluding hydrogens is 537 g/mol. The van der Waals surface area contributed by atoms with Crippen LogP contribution in [0.2, 0.25) is 0 Å². The Morgan fingerprint density at radius 3 is 2.59 bits per heavy atom. The molecule has 0 radical (unpaired) electrons. The van der Waals surface area contributed by atoms with Gasteiger partial charge in [-0.3, -0.25) is 4.90 Å². The van der Waals surface area contributed by atoms with E-state index in [1.807, 2.05) is 0 Å². The fraction of sp³-hybridized carbons (Fsp3) is 0.379. The van der Waals surface area contributed by atoms with Crippen molar-refractivity contribution in [2.24, 2.45) is 0 Å². The van der Waals surface area contributed by atoms with Crippen LogP contribution in [0.4, 0.5) is 24.8 Å². The van der Waals surface area contributed by atoms with Crippen LogP contribution in [-0.4, -0.2) is 40.4 Å². The van der Waals surface area contributed by atoms with Gasteiger partial charge in [0.15, 0.2) is 0 Å². The number of nitriles is 1. The number of aromatic amines is 1. The van der Waals surface area contributed by atoms with Crippen LogP contribution in [0.5, 0.6) is 0 Å². The number of esters is 1. The number of H-pyrrole nitrogens is 1. The fourth-order valence-electron chi connectivity index (χ4n) is 5.23. The third-order valence-electron chi connectivity index (χ3n) is 7.36. The van der Waals surface area contributed by atoms with Gasteiger partial charge in [0, 0.05) is 17.4 Å². The molecule has 41 heavy (non-hydrogen) atoms. The summed E-state index contributed by atoms with van der Waals surface area (Å²) in [4.78, 5) is 27.9. The molecule has 0 saturated carbocycles. The van der Waals surface area contributed by atoms with Crippen molar-refractivity contribution in [2.45, 2.75) is 58.3 Å². The number of allylic oxidation sites excluding steroid dienone is 1. The van der Waals surface area contributed by atoms with Gasteiger partial charge in [0.2, 0.25) is 5.95 Å². The smallest absolute Gasteiger partial charge is 0.416 e. The average molecular weight is 569 g/mol. The Morgan fingerprint density at radius 1 is 1.22 bits per heavy atom. The molecule has 1 aliphatic rings. The summed E-state index contributed by atoms with van der Waals surface area (Å²) in [6.07, 6.45) is -2.23. The van der Waals surface area contributed by atoms with Gasteiger partial charge in [-0.25, -0.2) is 19.3 Å². The molecule has 0 fully saturated rings. The minimum Gasteiger partial charge on any atom is -0.466 e. The molecule has 0 bridgehead atoms. The van der Waals surface area contributed by atoms with Gasteiger partial charge in [-0.15, -0.1) is 5.10 Å². The Morgan fingerprint density at radius 2 is 1.95 bits per heavy atom. The van der Waals surface area contributed by atoms with E-state index < -0.39 is 29.4 Å². The lowest BCUT2D eigenvalue weighted by molar-refractivity contribution is -0.138. The second kappa shape index (κ2) is 12.0. The fourth-order valence-corrected chi connectivity index (χ4v) is 5.23. The zero-order valence-corrected chi connectivity index (χ0v) is 23.2. The summed E-state index contributed by atoms with van der Waals surface area (Å²) >= 11 is 0. The SMILES string of the molecule is CCC(CC)NCCc1cc(C#N)ccc1C1C(C(=O)OC)=C(C)N(c2cccc(C(F)(F)F)c2)c2n[nH]c(=O)n21. The van der Waals surface area contributed by atoms with Gasteiger partial charge < -0.3 is 10.1 Å². The Labute approximate surface area is 235 Å². The highest BCUT2D eigenvalue weighted by molar-refractivity contribution is 5.93. The van der Waals surface area contributed by atoms with Gasteiger partial charge in [0.05, 0.1) is 29.9 Å². The lowest BCUT2D eigenvalue weighted by Gasteiger charge is -2.36. The van der Waals surface area contributed by atoms with E-state index in [0.717, 1.165) is 30.5 Å².